The molecule has 0 aliphatic heterocycles. The fourth-order valence-corrected chi connectivity index (χ4v) is 3.80. The average Bonchev–Trinajstić information content (AvgIpc) is 3.20. The van der Waals surface area contributed by atoms with Crippen molar-refractivity contribution in [1.82, 2.24) is 24.8 Å². The molecule has 4 rings (SSSR count). The number of hydrogen-bond donors (Lipinski definition) is 2. The zero-order valence-electron chi connectivity index (χ0n) is 15.1. The number of nitrogens with zero attached hydrogens (tertiary/aromatic N) is 4. The maximum Gasteiger partial charge on any atom is 0.312 e. The third-order valence-electron chi connectivity index (χ3n) is 5.14. The number of anilines is 1. The van der Waals surface area contributed by atoms with Gasteiger partial charge in [-0.2, -0.15) is 14.4 Å². The van der Waals surface area contributed by atoms with Crippen LogP contribution in [0, 0.1) is 13.0 Å². The second kappa shape index (κ2) is 6.94. The monoisotopic (exact) mass is 368 g/mol. The molecule has 140 valence electrons. The summed E-state index contributed by atoms with van der Waals surface area (Å²) in [5.74, 6) is 0.747. The number of carbonyl (C=O) groups excluding carboxylic acids is 1. The predicted octanol–water partition coefficient (Wildman–Crippen LogP) is 1.68. The molecule has 0 radical (unpaired) electrons. The SMILES string of the molecule is Cc1cc2c(cc1Cc1nc3c(N)nc(F)nc3n1CCNC=O)CCC2. The van der Waals surface area contributed by atoms with Crippen molar-refractivity contribution < 1.29 is 9.18 Å². The smallest absolute Gasteiger partial charge is 0.312 e. The maximum atomic E-state index is 13.7. The Morgan fingerprint density at radius 1 is 1.26 bits per heavy atom. The summed E-state index contributed by atoms with van der Waals surface area (Å²) in [6.07, 6.45) is 3.76. The maximum absolute atomic E-state index is 13.7. The van der Waals surface area contributed by atoms with Crippen molar-refractivity contribution in [2.45, 2.75) is 39.2 Å². The summed E-state index contributed by atoms with van der Waals surface area (Å²) in [7, 11) is 0. The second-order valence-corrected chi connectivity index (χ2v) is 6.88. The van der Waals surface area contributed by atoms with Crippen LogP contribution in [0.25, 0.3) is 11.2 Å². The molecule has 27 heavy (non-hydrogen) atoms. The van der Waals surface area contributed by atoms with Crippen LogP contribution in [0.2, 0.25) is 0 Å². The zero-order chi connectivity index (χ0) is 19.0. The standard InChI is InChI=1S/C19H21FN6O/c1-11-7-12-3-2-4-13(12)8-14(11)9-15-23-16-17(21)24-19(20)25-18(16)26(15)6-5-22-10-27/h7-8,10H,2-6,9H2,1H3,(H,22,27)(H2,21,24,25). The minimum absolute atomic E-state index is 0.0199. The van der Waals surface area contributed by atoms with Gasteiger partial charge in [0.2, 0.25) is 6.41 Å². The van der Waals surface area contributed by atoms with Crippen molar-refractivity contribution in [3.63, 3.8) is 0 Å². The Hall–Kier alpha value is -3.03. The topological polar surface area (TPSA) is 98.7 Å². The summed E-state index contributed by atoms with van der Waals surface area (Å²) >= 11 is 0. The first-order valence-corrected chi connectivity index (χ1v) is 9.03. The molecule has 1 aliphatic carbocycles. The normalized spacial score (nSPS) is 13.1. The van der Waals surface area contributed by atoms with Gasteiger partial charge in [0.15, 0.2) is 17.0 Å². The van der Waals surface area contributed by atoms with Crippen molar-refractivity contribution in [3.05, 3.63) is 46.3 Å². The number of nitrogens with two attached hydrogens (primary N) is 1. The molecule has 2 aromatic heterocycles. The number of imidazole rings is 1. The molecule has 0 unspecified atom stereocenters. The number of nitrogen functional groups attached to an aromatic ring is 1. The Morgan fingerprint density at radius 2 is 2.04 bits per heavy atom. The van der Waals surface area contributed by atoms with Crippen molar-refractivity contribution in [2.75, 3.05) is 12.3 Å². The highest BCUT2D eigenvalue weighted by molar-refractivity contribution is 5.82. The summed E-state index contributed by atoms with van der Waals surface area (Å²) in [5, 5.41) is 2.62. The summed E-state index contributed by atoms with van der Waals surface area (Å²) < 4.78 is 15.5. The lowest BCUT2D eigenvalue weighted by Crippen LogP contribution is -2.19. The molecular formula is C19H21FN6O. The molecule has 0 bridgehead atoms. The molecule has 8 heteroatoms. The van der Waals surface area contributed by atoms with E-state index in [2.05, 4.69) is 39.3 Å². The van der Waals surface area contributed by atoms with Gasteiger partial charge in [-0.15, -0.1) is 0 Å². The molecule has 0 saturated heterocycles. The molecule has 0 fully saturated rings. The first kappa shape index (κ1) is 17.4. The number of amides is 1. The fraction of sp³-hybridized carbons (Fsp3) is 0.368. The molecule has 1 amide bonds. The highest BCUT2D eigenvalue weighted by atomic mass is 19.1. The van der Waals surface area contributed by atoms with E-state index in [1.54, 1.807) is 4.57 Å². The predicted molar refractivity (Wildman–Crippen MR) is 99.8 cm³/mol. The van der Waals surface area contributed by atoms with Gasteiger partial charge in [0, 0.05) is 19.5 Å². The second-order valence-electron chi connectivity index (χ2n) is 6.88. The minimum atomic E-state index is -0.884. The molecule has 1 aliphatic rings. The number of hydrogen-bond acceptors (Lipinski definition) is 5. The van der Waals surface area contributed by atoms with Crippen LogP contribution >= 0.6 is 0 Å². The van der Waals surface area contributed by atoms with Crippen molar-refractivity contribution in [3.8, 4) is 0 Å². The van der Waals surface area contributed by atoms with E-state index < -0.39 is 6.08 Å². The van der Waals surface area contributed by atoms with Crippen LogP contribution in [-0.2, 0) is 30.6 Å². The van der Waals surface area contributed by atoms with E-state index in [-0.39, 0.29) is 5.82 Å². The van der Waals surface area contributed by atoms with Gasteiger partial charge in [-0.05, 0) is 48.4 Å². The fourth-order valence-electron chi connectivity index (χ4n) is 3.80. The van der Waals surface area contributed by atoms with E-state index in [0.717, 1.165) is 18.7 Å². The van der Waals surface area contributed by atoms with Crippen LogP contribution in [0.5, 0.6) is 0 Å². The molecule has 3 aromatic rings. The molecule has 2 heterocycles. The molecule has 1 aromatic carbocycles. The van der Waals surface area contributed by atoms with E-state index in [9.17, 15) is 9.18 Å². The number of aromatic nitrogens is 4. The third-order valence-corrected chi connectivity index (χ3v) is 5.14. The highest BCUT2D eigenvalue weighted by Crippen LogP contribution is 2.27. The van der Waals surface area contributed by atoms with Crippen molar-refractivity contribution >= 4 is 23.4 Å². The molecular weight excluding hydrogens is 347 g/mol. The number of fused-ring (bicyclic) bond motifs is 2. The molecule has 0 saturated carbocycles. The lowest BCUT2D eigenvalue weighted by molar-refractivity contribution is -0.109. The number of benzene rings is 1. The molecule has 7 nitrogen and oxygen atoms in total. The largest absolute Gasteiger partial charge is 0.382 e. The van der Waals surface area contributed by atoms with Gasteiger partial charge < -0.3 is 15.6 Å². The lowest BCUT2D eigenvalue weighted by atomic mass is 9.98. The first-order valence-electron chi connectivity index (χ1n) is 9.03. The van der Waals surface area contributed by atoms with Gasteiger partial charge in [-0.25, -0.2) is 4.98 Å². The van der Waals surface area contributed by atoms with Gasteiger partial charge in [0.25, 0.3) is 0 Å². The summed E-state index contributed by atoms with van der Waals surface area (Å²) in [4.78, 5) is 22.6. The quantitative estimate of drug-likeness (QED) is 0.392. The Kier molecular flexibility index (Phi) is 4.47. The number of rotatable bonds is 6. The Labute approximate surface area is 155 Å². The Balaban J connectivity index is 1.77. The first-order chi connectivity index (χ1) is 13.1. The van der Waals surface area contributed by atoms with Crippen LogP contribution in [0.1, 0.15) is 34.5 Å². The van der Waals surface area contributed by atoms with Gasteiger partial charge in [0.1, 0.15) is 5.82 Å². The summed E-state index contributed by atoms with van der Waals surface area (Å²) in [6, 6.07) is 4.51. The molecule has 0 spiro atoms. The molecule has 3 N–H and O–H groups in total. The summed E-state index contributed by atoms with van der Waals surface area (Å²) in [6.45, 7) is 2.91. The van der Waals surface area contributed by atoms with Gasteiger partial charge in [-0.1, -0.05) is 12.1 Å². The minimum Gasteiger partial charge on any atom is -0.382 e. The van der Waals surface area contributed by atoms with E-state index in [1.165, 1.54) is 28.7 Å². The van der Waals surface area contributed by atoms with E-state index >= 15 is 0 Å². The number of carbonyl (C=O) groups is 1. The van der Waals surface area contributed by atoms with Crippen molar-refractivity contribution in [2.24, 2.45) is 0 Å². The van der Waals surface area contributed by atoms with Gasteiger partial charge in [0.05, 0.1) is 0 Å². The summed E-state index contributed by atoms with van der Waals surface area (Å²) in [5.41, 5.74) is 11.8. The van der Waals surface area contributed by atoms with Crippen LogP contribution in [0.15, 0.2) is 12.1 Å². The third kappa shape index (κ3) is 3.22. The highest BCUT2D eigenvalue weighted by Gasteiger charge is 2.19. The number of halogens is 1. The van der Waals surface area contributed by atoms with Crippen LogP contribution < -0.4 is 11.1 Å². The van der Waals surface area contributed by atoms with Crippen LogP contribution in [-0.4, -0.2) is 32.5 Å². The van der Waals surface area contributed by atoms with E-state index in [4.69, 9.17) is 5.73 Å². The zero-order valence-corrected chi connectivity index (χ0v) is 15.1. The Morgan fingerprint density at radius 3 is 2.81 bits per heavy atom. The van der Waals surface area contributed by atoms with Gasteiger partial charge in [-0.3, -0.25) is 4.79 Å². The molecule has 0 atom stereocenters. The number of aryl methyl sites for hydroxylation is 3. The van der Waals surface area contributed by atoms with Gasteiger partial charge >= 0.3 is 6.08 Å². The number of nitrogens with one attached hydrogen (secondary N) is 1. The van der Waals surface area contributed by atoms with Crippen molar-refractivity contribution in [1.29, 1.82) is 0 Å². The van der Waals surface area contributed by atoms with Crippen LogP contribution in [0.4, 0.5) is 10.2 Å². The lowest BCUT2D eigenvalue weighted by Gasteiger charge is -2.12. The van der Waals surface area contributed by atoms with Crippen LogP contribution in [0.3, 0.4) is 0 Å². The average molecular weight is 368 g/mol. The Bertz CT molecular complexity index is 1030. The van der Waals surface area contributed by atoms with E-state index in [0.29, 0.717) is 37.1 Å². The van der Waals surface area contributed by atoms with E-state index in [1.807, 2.05) is 0 Å².